The van der Waals surface area contributed by atoms with Gasteiger partial charge in [0.2, 0.25) is 0 Å². The summed E-state index contributed by atoms with van der Waals surface area (Å²) >= 11 is 1.43. The summed E-state index contributed by atoms with van der Waals surface area (Å²) in [6.45, 7) is -0.430. The van der Waals surface area contributed by atoms with Gasteiger partial charge in [0.05, 0.1) is 16.8 Å². The molecule has 2 aromatic rings. The summed E-state index contributed by atoms with van der Waals surface area (Å²) in [5.41, 5.74) is 1.21. The third-order valence-electron chi connectivity index (χ3n) is 4.80. The minimum Gasteiger partial charge on any atom is -0.452 e. The van der Waals surface area contributed by atoms with Crippen molar-refractivity contribution in [2.24, 2.45) is 0 Å². The van der Waals surface area contributed by atoms with Crippen molar-refractivity contribution in [2.45, 2.75) is 36.6 Å². The number of amides is 2. The van der Waals surface area contributed by atoms with E-state index in [-0.39, 0.29) is 11.9 Å². The van der Waals surface area contributed by atoms with Gasteiger partial charge in [-0.2, -0.15) is 0 Å². The van der Waals surface area contributed by atoms with E-state index in [4.69, 9.17) is 4.74 Å². The molecule has 0 bridgehead atoms. The van der Waals surface area contributed by atoms with Crippen molar-refractivity contribution in [3.8, 4) is 0 Å². The molecule has 0 saturated heterocycles. The van der Waals surface area contributed by atoms with E-state index in [9.17, 15) is 14.4 Å². The Bertz CT molecular complexity index is 894. The number of carbonyl (C=O) groups is 3. The highest BCUT2D eigenvalue weighted by Gasteiger charge is 2.20. The van der Waals surface area contributed by atoms with Crippen LogP contribution >= 0.6 is 11.8 Å². The predicted molar refractivity (Wildman–Crippen MR) is 113 cm³/mol. The summed E-state index contributed by atoms with van der Waals surface area (Å²) in [6.07, 6.45) is 6.07. The molecule has 7 heteroatoms. The van der Waals surface area contributed by atoms with Crippen molar-refractivity contribution in [3.05, 3.63) is 59.7 Å². The van der Waals surface area contributed by atoms with Crippen molar-refractivity contribution < 1.29 is 19.1 Å². The number of hydrogen-bond acceptors (Lipinski definition) is 5. The monoisotopic (exact) mass is 412 g/mol. The topological polar surface area (TPSA) is 84.5 Å². The zero-order chi connectivity index (χ0) is 20.6. The van der Waals surface area contributed by atoms with Crippen molar-refractivity contribution >= 4 is 35.2 Å². The fourth-order valence-corrected chi connectivity index (χ4v) is 3.92. The van der Waals surface area contributed by atoms with Gasteiger partial charge in [-0.3, -0.25) is 9.59 Å². The van der Waals surface area contributed by atoms with E-state index in [1.807, 2.05) is 18.4 Å². The van der Waals surface area contributed by atoms with Gasteiger partial charge in [-0.25, -0.2) is 4.79 Å². The normalized spacial score (nSPS) is 13.7. The van der Waals surface area contributed by atoms with Crippen LogP contribution in [0.25, 0.3) is 0 Å². The molecule has 0 atom stereocenters. The third kappa shape index (κ3) is 5.60. The van der Waals surface area contributed by atoms with Gasteiger partial charge in [-0.1, -0.05) is 37.1 Å². The molecule has 0 radical (unpaired) electrons. The Morgan fingerprint density at radius 3 is 2.38 bits per heavy atom. The number of ether oxygens (including phenoxy) is 1. The highest BCUT2D eigenvalue weighted by Crippen LogP contribution is 2.21. The minimum atomic E-state index is -0.558. The zero-order valence-corrected chi connectivity index (χ0v) is 17.1. The SMILES string of the molecule is CSc1ccccc1C(=O)OCC(=O)Nc1ccccc1C(=O)NC1CCCC1. The first-order valence-electron chi connectivity index (χ1n) is 9.58. The van der Waals surface area contributed by atoms with Crippen LogP contribution in [-0.2, 0) is 9.53 Å². The quantitative estimate of drug-likeness (QED) is 0.533. The number of thioether (sulfide) groups is 1. The summed E-state index contributed by atoms with van der Waals surface area (Å²) in [4.78, 5) is 37.9. The highest BCUT2D eigenvalue weighted by atomic mass is 32.2. The highest BCUT2D eigenvalue weighted by molar-refractivity contribution is 7.98. The molecule has 0 aliphatic heterocycles. The van der Waals surface area contributed by atoms with Crippen molar-refractivity contribution in [3.63, 3.8) is 0 Å². The summed E-state index contributed by atoms with van der Waals surface area (Å²) in [5, 5.41) is 5.68. The van der Waals surface area contributed by atoms with Crippen LogP contribution in [0.2, 0.25) is 0 Å². The average Bonchev–Trinajstić information content (AvgIpc) is 3.25. The molecule has 0 spiro atoms. The van der Waals surface area contributed by atoms with Gasteiger partial charge in [0.25, 0.3) is 11.8 Å². The molecule has 2 amide bonds. The fourth-order valence-electron chi connectivity index (χ4n) is 3.33. The van der Waals surface area contributed by atoms with E-state index >= 15 is 0 Å². The number of carbonyl (C=O) groups excluding carboxylic acids is 3. The van der Waals surface area contributed by atoms with Crippen LogP contribution in [0.15, 0.2) is 53.4 Å². The Morgan fingerprint density at radius 2 is 1.66 bits per heavy atom. The summed E-state index contributed by atoms with van der Waals surface area (Å²) < 4.78 is 5.15. The number of rotatable bonds is 7. The van der Waals surface area contributed by atoms with Gasteiger partial charge < -0.3 is 15.4 Å². The van der Waals surface area contributed by atoms with Gasteiger partial charge in [0.15, 0.2) is 6.61 Å². The lowest BCUT2D eigenvalue weighted by Gasteiger charge is -2.15. The van der Waals surface area contributed by atoms with Crippen LogP contribution in [0.1, 0.15) is 46.4 Å². The number of benzene rings is 2. The molecule has 2 aromatic carbocycles. The molecule has 0 aromatic heterocycles. The van der Waals surface area contributed by atoms with Crippen LogP contribution in [0.5, 0.6) is 0 Å². The molecule has 0 unspecified atom stereocenters. The van der Waals surface area contributed by atoms with E-state index in [0.717, 1.165) is 30.6 Å². The fraction of sp³-hybridized carbons (Fsp3) is 0.318. The second-order valence-corrected chi connectivity index (χ2v) is 7.67. The number of para-hydroxylation sites is 1. The first-order chi connectivity index (χ1) is 14.1. The molecule has 0 heterocycles. The molecule has 29 heavy (non-hydrogen) atoms. The Morgan fingerprint density at radius 1 is 1.00 bits per heavy atom. The molecular weight excluding hydrogens is 388 g/mol. The summed E-state index contributed by atoms with van der Waals surface area (Å²) in [5.74, 6) is -1.27. The van der Waals surface area contributed by atoms with Gasteiger partial charge in [0, 0.05) is 10.9 Å². The maximum atomic E-state index is 12.6. The lowest BCUT2D eigenvalue weighted by Crippen LogP contribution is -2.33. The van der Waals surface area contributed by atoms with Gasteiger partial charge >= 0.3 is 5.97 Å². The molecule has 152 valence electrons. The largest absolute Gasteiger partial charge is 0.452 e. The number of hydrogen-bond donors (Lipinski definition) is 2. The number of nitrogens with one attached hydrogen (secondary N) is 2. The van der Waals surface area contributed by atoms with E-state index in [2.05, 4.69) is 10.6 Å². The molecule has 3 rings (SSSR count). The van der Waals surface area contributed by atoms with E-state index in [0.29, 0.717) is 16.8 Å². The van der Waals surface area contributed by atoms with Crippen LogP contribution < -0.4 is 10.6 Å². The first kappa shape index (κ1) is 20.9. The first-order valence-corrected chi connectivity index (χ1v) is 10.8. The van der Waals surface area contributed by atoms with Crippen LogP contribution in [0.4, 0.5) is 5.69 Å². The van der Waals surface area contributed by atoms with Gasteiger partial charge in [-0.05, 0) is 43.4 Å². The number of anilines is 1. The van der Waals surface area contributed by atoms with Crippen molar-refractivity contribution in [1.29, 1.82) is 0 Å². The molecule has 1 saturated carbocycles. The van der Waals surface area contributed by atoms with Crippen molar-refractivity contribution in [2.75, 3.05) is 18.2 Å². The smallest absolute Gasteiger partial charge is 0.339 e. The van der Waals surface area contributed by atoms with Crippen LogP contribution in [0.3, 0.4) is 0 Å². The molecule has 2 N–H and O–H groups in total. The van der Waals surface area contributed by atoms with Crippen molar-refractivity contribution in [1.82, 2.24) is 5.32 Å². The maximum absolute atomic E-state index is 12.6. The van der Waals surface area contributed by atoms with Gasteiger partial charge in [-0.15, -0.1) is 11.8 Å². The Labute approximate surface area is 174 Å². The molecule has 1 aliphatic carbocycles. The standard InChI is InChI=1S/C22H24N2O4S/c1-29-19-13-7-5-11-17(19)22(27)28-14-20(25)24-18-12-6-4-10-16(18)21(26)23-15-8-2-3-9-15/h4-7,10-13,15H,2-3,8-9,14H2,1H3,(H,23,26)(H,24,25). The predicted octanol–water partition coefficient (Wildman–Crippen LogP) is 3.88. The minimum absolute atomic E-state index is 0.184. The van der Waals surface area contributed by atoms with E-state index in [1.54, 1.807) is 36.4 Å². The average molecular weight is 413 g/mol. The molecule has 1 fully saturated rings. The Kier molecular flexibility index (Phi) is 7.30. The third-order valence-corrected chi connectivity index (χ3v) is 5.59. The Balaban J connectivity index is 1.59. The second-order valence-electron chi connectivity index (χ2n) is 6.83. The molecule has 1 aliphatic rings. The van der Waals surface area contributed by atoms with E-state index in [1.165, 1.54) is 11.8 Å². The Hall–Kier alpha value is -2.80. The lowest BCUT2D eigenvalue weighted by molar-refractivity contribution is -0.119. The summed E-state index contributed by atoms with van der Waals surface area (Å²) in [6, 6.07) is 14.1. The summed E-state index contributed by atoms with van der Waals surface area (Å²) in [7, 11) is 0. The van der Waals surface area contributed by atoms with Crippen LogP contribution in [0, 0.1) is 0 Å². The number of esters is 1. The van der Waals surface area contributed by atoms with Crippen LogP contribution in [-0.4, -0.2) is 36.7 Å². The van der Waals surface area contributed by atoms with E-state index < -0.39 is 18.5 Å². The zero-order valence-electron chi connectivity index (χ0n) is 16.3. The second kappa shape index (κ2) is 10.1. The van der Waals surface area contributed by atoms with Gasteiger partial charge in [0.1, 0.15) is 0 Å². The molecular formula is C22H24N2O4S. The maximum Gasteiger partial charge on any atom is 0.339 e. The lowest BCUT2D eigenvalue weighted by atomic mass is 10.1. The molecule has 6 nitrogen and oxygen atoms in total.